The number of fused-ring (bicyclic) bond motifs is 1. The molecular formula is C18H15NO2. The first-order chi connectivity index (χ1) is 10.2. The van der Waals surface area contributed by atoms with E-state index < -0.39 is 0 Å². The molecule has 3 aromatic rings. The van der Waals surface area contributed by atoms with Crippen LogP contribution in [0.15, 0.2) is 60.7 Å². The molecule has 0 unspecified atom stereocenters. The summed E-state index contributed by atoms with van der Waals surface area (Å²) in [5.41, 5.74) is 1.95. The van der Waals surface area contributed by atoms with Gasteiger partial charge < -0.3 is 10.4 Å². The number of hydrogen-bond acceptors (Lipinski definition) is 2. The number of aryl methyl sites for hydroxylation is 1. The van der Waals surface area contributed by atoms with Crippen molar-refractivity contribution in [2.24, 2.45) is 0 Å². The number of phenols is 1. The average molecular weight is 277 g/mol. The lowest BCUT2D eigenvalue weighted by Gasteiger charge is -2.11. The van der Waals surface area contributed by atoms with E-state index in [0.29, 0.717) is 11.1 Å². The van der Waals surface area contributed by atoms with Crippen LogP contribution < -0.4 is 5.32 Å². The molecule has 2 N–H and O–H groups in total. The number of para-hydroxylation sites is 1. The smallest absolute Gasteiger partial charge is 0.259 e. The minimum atomic E-state index is -0.312. The van der Waals surface area contributed by atoms with E-state index in [1.165, 1.54) is 0 Å². The van der Waals surface area contributed by atoms with Crippen LogP contribution in [0.1, 0.15) is 15.9 Å². The fraction of sp³-hybridized carbons (Fsp3) is 0.0556. The van der Waals surface area contributed by atoms with Gasteiger partial charge in [0.2, 0.25) is 0 Å². The van der Waals surface area contributed by atoms with E-state index in [0.717, 1.165) is 10.9 Å². The summed E-state index contributed by atoms with van der Waals surface area (Å²) in [6.45, 7) is 1.93. The maximum absolute atomic E-state index is 12.4. The maximum Gasteiger partial charge on any atom is 0.259 e. The number of benzene rings is 3. The molecule has 0 fully saturated rings. The van der Waals surface area contributed by atoms with Gasteiger partial charge in [0.05, 0.1) is 5.56 Å². The third-order valence-corrected chi connectivity index (χ3v) is 3.50. The number of rotatable bonds is 2. The molecule has 0 saturated carbocycles. The van der Waals surface area contributed by atoms with Crippen molar-refractivity contribution < 1.29 is 9.90 Å². The van der Waals surface area contributed by atoms with Crippen molar-refractivity contribution in [3.8, 4) is 5.75 Å². The Labute approximate surface area is 122 Å². The fourth-order valence-electron chi connectivity index (χ4n) is 2.43. The second kappa shape index (κ2) is 5.29. The predicted octanol–water partition coefficient (Wildman–Crippen LogP) is 4.11. The van der Waals surface area contributed by atoms with Gasteiger partial charge in [-0.25, -0.2) is 0 Å². The molecule has 104 valence electrons. The van der Waals surface area contributed by atoms with E-state index in [1.54, 1.807) is 6.07 Å². The predicted molar refractivity (Wildman–Crippen MR) is 84.7 cm³/mol. The molecule has 0 spiro atoms. The van der Waals surface area contributed by atoms with Crippen LogP contribution in [0.3, 0.4) is 0 Å². The van der Waals surface area contributed by atoms with Gasteiger partial charge in [-0.05, 0) is 36.1 Å². The number of carbonyl (C=O) groups is 1. The molecule has 0 aliphatic heterocycles. The number of amides is 1. The number of aromatic hydroxyl groups is 1. The average Bonchev–Trinajstić information content (AvgIpc) is 2.52. The highest BCUT2D eigenvalue weighted by atomic mass is 16.3. The lowest BCUT2D eigenvalue weighted by Crippen LogP contribution is -2.12. The lowest BCUT2D eigenvalue weighted by molar-refractivity contribution is 0.102. The van der Waals surface area contributed by atoms with Gasteiger partial charge >= 0.3 is 0 Å². The summed E-state index contributed by atoms with van der Waals surface area (Å²) >= 11 is 0. The fourth-order valence-corrected chi connectivity index (χ4v) is 2.43. The monoisotopic (exact) mass is 277 g/mol. The van der Waals surface area contributed by atoms with Crippen LogP contribution in [0.25, 0.3) is 10.8 Å². The zero-order valence-electron chi connectivity index (χ0n) is 11.6. The molecule has 0 aliphatic carbocycles. The summed E-state index contributed by atoms with van der Waals surface area (Å²) in [7, 11) is 0. The number of phenolic OH excluding ortho intramolecular Hbond substituents is 1. The van der Waals surface area contributed by atoms with Gasteiger partial charge in [-0.1, -0.05) is 42.5 Å². The van der Waals surface area contributed by atoms with Gasteiger partial charge in [0.15, 0.2) is 0 Å². The summed E-state index contributed by atoms with van der Waals surface area (Å²) in [6.07, 6.45) is 0. The molecule has 3 nitrogen and oxygen atoms in total. The van der Waals surface area contributed by atoms with Gasteiger partial charge in [-0.3, -0.25) is 4.79 Å². The Morgan fingerprint density at radius 1 is 0.952 bits per heavy atom. The Kier molecular flexibility index (Phi) is 3.32. The van der Waals surface area contributed by atoms with E-state index in [4.69, 9.17) is 0 Å². The first-order valence-corrected chi connectivity index (χ1v) is 6.74. The highest BCUT2D eigenvalue weighted by Crippen LogP contribution is 2.31. The minimum Gasteiger partial charge on any atom is -0.506 e. The van der Waals surface area contributed by atoms with Crippen LogP contribution >= 0.6 is 0 Å². The molecule has 0 atom stereocenters. The second-order valence-corrected chi connectivity index (χ2v) is 4.96. The summed E-state index contributed by atoms with van der Waals surface area (Å²) in [5.74, 6) is -0.294. The first-order valence-electron chi connectivity index (χ1n) is 6.74. The number of nitrogens with one attached hydrogen (secondary N) is 1. The summed E-state index contributed by atoms with van der Waals surface area (Å²) in [4.78, 5) is 12.4. The van der Waals surface area contributed by atoms with E-state index in [9.17, 15) is 9.90 Å². The van der Waals surface area contributed by atoms with E-state index in [2.05, 4.69) is 5.32 Å². The normalized spacial score (nSPS) is 10.5. The van der Waals surface area contributed by atoms with Crippen molar-refractivity contribution in [1.29, 1.82) is 0 Å². The minimum absolute atomic E-state index is 0.0182. The topological polar surface area (TPSA) is 49.3 Å². The van der Waals surface area contributed by atoms with E-state index in [-0.39, 0.29) is 17.2 Å². The highest BCUT2D eigenvalue weighted by Gasteiger charge is 2.15. The maximum atomic E-state index is 12.4. The Morgan fingerprint density at radius 2 is 1.57 bits per heavy atom. The van der Waals surface area contributed by atoms with Crippen molar-refractivity contribution in [3.63, 3.8) is 0 Å². The van der Waals surface area contributed by atoms with Crippen LogP contribution in [0.4, 0.5) is 5.69 Å². The van der Waals surface area contributed by atoms with E-state index in [1.807, 2.05) is 61.5 Å². The Balaban J connectivity index is 2.04. The summed E-state index contributed by atoms with van der Waals surface area (Å²) in [5, 5.41) is 14.8. The molecule has 21 heavy (non-hydrogen) atoms. The molecule has 3 aromatic carbocycles. The van der Waals surface area contributed by atoms with Crippen molar-refractivity contribution in [2.45, 2.75) is 6.92 Å². The molecule has 0 aliphatic rings. The van der Waals surface area contributed by atoms with Crippen molar-refractivity contribution >= 4 is 22.4 Å². The van der Waals surface area contributed by atoms with Gasteiger partial charge in [-0.2, -0.15) is 0 Å². The summed E-state index contributed by atoms with van der Waals surface area (Å²) < 4.78 is 0. The largest absolute Gasteiger partial charge is 0.506 e. The van der Waals surface area contributed by atoms with Crippen LogP contribution in [0, 0.1) is 6.92 Å². The molecular weight excluding hydrogens is 262 g/mol. The third kappa shape index (κ3) is 2.46. The van der Waals surface area contributed by atoms with Gasteiger partial charge in [-0.15, -0.1) is 0 Å². The van der Waals surface area contributed by atoms with Gasteiger partial charge in [0, 0.05) is 11.1 Å². The second-order valence-electron chi connectivity index (χ2n) is 4.96. The van der Waals surface area contributed by atoms with Crippen molar-refractivity contribution in [2.75, 3.05) is 5.32 Å². The molecule has 0 saturated heterocycles. The SMILES string of the molecule is Cc1cc(C(=O)Nc2ccccc2)c(O)c2ccccc12. The molecule has 3 rings (SSSR count). The van der Waals surface area contributed by atoms with Crippen LogP contribution in [-0.4, -0.2) is 11.0 Å². The molecule has 0 bridgehead atoms. The van der Waals surface area contributed by atoms with E-state index >= 15 is 0 Å². The molecule has 0 heterocycles. The zero-order valence-corrected chi connectivity index (χ0v) is 11.6. The van der Waals surface area contributed by atoms with Crippen molar-refractivity contribution in [3.05, 3.63) is 71.8 Å². The Morgan fingerprint density at radius 3 is 2.29 bits per heavy atom. The Hall–Kier alpha value is -2.81. The third-order valence-electron chi connectivity index (χ3n) is 3.50. The summed E-state index contributed by atoms with van der Waals surface area (Å²) in [6, 6.07) is 18.4. The highest BCUT2D eigenvalue weighted by molar-refractivity contribution is 6.10. The molecule has 0 aromatic heterocycles. The number of carbonyl (C=O) groups excluding carboxylic acids is 1. The standard InChI is InChI=1S/C18H15NO2/c1-12-11-16(17(20)15-10-6-5-9-14(12)15)18(21)19-13-7-3-2-4-8-13/h2-11,20H,1H3,(H,19,21). The molecule has 0 radical (unpaired) electrons. The van der Waals surface area contributed by atoms with Crippen LogP contribution in [0.2, 0.25) is 0 Å². The van der Waals surface area contributed by atoms with Crippen LogP contribution in [0.5, 0.6) is 5.75 Å². The number of anilines is 1. The van der Waals surface area contributed by atoms with Crippen LogP contribution in [-0.2, 0) is 0 Å². The van der Waals surface area contributed by atoms with Gasteiger partial charge in [0.1, 0.15) is 5.75 Å². The lowest BCUT2D eigenvalue weighted by atomic mass is 10.00. The van der Waals surface area contributed by atoms with Gasteiger partial charge in [0.25, 0.3) is 5.91 Å². The van der Waals surface area contributed by atoms with Crippen molar-refractivity contribution in [1.82, 2.24) is 0 Å². The quantitative estimate of drug-likeness (QED) is 0.740. The number of hydrogen-bond donors (Lipinski definition) is 2. The molecule has 1 amide bonds. The molecule has 3 heteroatoms. The first kappa shape index (κ1) is 13.2. The zero-order chi connectivity index (χ0) is 14.8. The Bertz CT molecular complexity index is 810.